The van der Waals surface area contributed by atoms with Crippen LogP contribution in [0.1, 0.15) is 27.3 Å². The van der Waals surface area contributed by atoms with Crippen LogP contribution in [0.25, 0.3) is 33.8 Å². The minimum atomic E-state index is -1.05. The molecule has 0 radical (unpaired) electrons. The lowest BCUT2D eigenvalue weighted by Gasteiger charge is -2.03. The first kappa shape index (κ1) is 19.6. The summed E-state index contributed by atoms with van der Waals surface area (Å²) in [6.07, 6.45) is 5.86. The predicted molar refractivity (Wildman–Crippen MR) is 112 cm³/mol. The molecule has 0 unspecified atom stereocenters. The Balaban J connectivity index is 0.00000225. The number of carboxylic acid groups (broad SMARTS) is 1. The molecule has 6 nitrogen and oxygen atoms in total. The van der Waals surface area contributed by atoms with E-state index in [2.05, 4.69) is 14.8 Å². The number of rotatable bonds is 5. The summed E-state index contributed by atoms with van der Waals surface area (Å²) in [5.74, 6) is 4.09. The number of nitrogens with one attached hydrogen (secondary N) is 1. The second-order valence-electron chi connectivity index (χ2n) is 6.15. The van der Waals surface area contributed by atoms with Crippen LogP contribution in [0.3, 0.4) is 0 Å². The summed E-state index contributed by atoms with van der Waals surface area (Å²) < 4.78 is 0. The van der Waals surface area contributed by atoms with Gasteiger partial charge in [-0.1, -0.05) is 48.5 Å². The number of pyridine rings is 1. The van der Waals surface area contributed by atoms with Gasteiger partial charge < -0.3 is 10.1 Å². The first-order valence-electron chi connectivity index (χ1n) is 8.39. The van der Waals surface area contributed by atoms with E-state index in [1.54, 1.807) is 6.07 Å². The number of nitrogens with two attached hydrogens (primary N) is 1. The molecule has 142 valence electrons. The molecular formula is C21H18ClN3O3. The fraction of sp³-hybridized carbons (Fsp3) is 0.0476. The number of H-pyrrole nitrogens is 1. The van der Waals surface area contributed by atoms with E-state index in [1.807, 2.05) is 60.8 Å². The molecule has 7 heteroatoms. The fourth-order valence-electron chi connectivity index (χ4n) is 3.20. The van der Waals surface area contributed by atoms with Gasteiger partial charge in [0, 0.05) is 22.7 Å². The number of aromatic carboxylic acids is 1. The Bertz CT molecular complexity index is 1170. The second-order valence-corrected chi connectivity index (χ2v) is 6.15. The smallest absolute Gasteiger partial charge is 0.338 e. The maximum absolute atomic E-state index is 11.7. The molecule has 0 aliphatic carbocycles. The van der Waals surface area contributed by atoms with E-state index in [9.17, 15) is 9.90 Å². The molecule has 0 bridgehead atoms. The molecule has 28 heavy (non-hydrogen) atoms. The molecular weight excluding hydrogens is 378 g/mol. The molecule has 4 N–H and O–H groups in total. The molecule has 0 amide bonds. The SMILES string of the molecule is Cl.NOCc1nc2c(ccc3c[nH]c(C=Cc4ccccc4)cc32)c1C(=O)O. The van der Waals surface area contributed by atoms with Crippen LogP contribution in [-0.4, -0.2) is 21.0 Å². The van der Waals surface area contributed by atoms with Crippen molar-refractivity contribution >= 4 is 52.2 Å². The molecule has 0 fully saturated rings. The maximum Gasteiger partial charge on any atom is 0.338 e. The summed E-state index contributed by atoms with van der Waals surface area (Å²) in [5.41, 5.74) is 3.05. The zero-order valence-electron chi connectivity index (χ0n) is 14.8. The van der Waals surface area contributed by atoms with Crippen molar-refractivity contribution in [2.24, 2.45) is 5.90 Å². The van der Waals surface area contributed by atoms with Crippen molar-refractivity contribution in [3.63, 3.8) is 0 Å². The number of halogens is 1. The van der Waals surface area contributed by atoms with E-state index in [1.165, 1.54) is 0 Å². The number of nitrogens with zero attached hydrogens (tertiary/aromatic N) is 1. The van der Waals surface area contributed by atoms with Gasteiger partial charge in [-0.15, -0.1) is 12.4 Å². The van der Waals surface area contributed by atoms with E-state index in [-0.39, 0.29) is 24.6 Å². The summed E-state index contributed by atoms with van der Waals surface area (Å²) in [7, 11) is 0. The Morgan fingerprint density at radius 3 is 2.64 bits per heavy atom. The number of carboxylic acids is 1. The van der Waals surface area contributed by atoms with E-state index < -0.39 is 5.97 Å². The molecule has 0 spiro atoms. The maximum atomic E-state index is 11.7. The van der Waals surface area contributed by atoms with Crippen LogP contribution >= 0.6 is 12.4 Å². The highest BCUT2D eigenvalue weighted by atomic mass is 35.5. The third-order valence-electron chi connectivity index (χ3n) is 4.44. The highest BCUT2D eigenvalue weighted by molar-refractivity contribution is 6.13. The van der Waals surface area contributed by atoms with Gasteiger partial charge >= 0.3 is 5.97 Å². The van der Waals surface area contributed by atoms with Gasteiger partial charge in [0.15, 0.2) is 0 Å². The highest BCUT2D eigenvalue weighted by Gasteiger charge is 2.20. The van der Waals surface area contributed by atoms with Gasteiger partial charge in [0.25, 0.3) is 0 Å². The van der Waals surface area contributed by atoms with E-state index in [4.69, 9.17) is 5.90 Å². The average Bonchev–Trinajstić information content (AvgIpc) is 3.06. The normalized spacial score (nSPS) is 11.2. The molecule has 0 saturated heterocycles. The summed E-state index contributed by atoms with van der Waals surface area (Å²) >= 11 is 0. The number of benzene rings is 2. The molecule has 0 atom stereocenters. The molecule has 0 aliphatic heterocycles. The first-order chi connectivity index (χ1) is 13.2. The zero-order chi connectivity index (χ0) is 18.8. The van der Waals surface area contributed by atoms with Crippen LogP contribution in [0, 0.1) is 0 Å². The standard InChI is InChI=1S/C21H17N3O3.ClH/c22-27-12-18-19(21(25)26)16-9-7-14-11-23-15(10-17(14)20(16)24-18)8-6-13-4-2-1-3-5-13;/h1-11,23H,12,22H2,(H,25,26);1H. The minimum absolute atomic E-state index is 0. The molecule has 2 aromatic carbocycles. The van der Waals surface area contributed by atoms with Crippen LogP contribution in [0.5, 0.6) is 0 Å². The van der Waals surface area contributed by atoms with E-state index in [0.29, 0.717) is 16.6 Å². The molecule has 4 rings (SSSR count). The van der Waals surface area contributed by atoms with Crippen LogP contribution in [0.4, 0.5) is 0 Å². The minimum Gasteiger partial charge on any atom is -0.478 e. The van der Waals surface area contributed by atoms with Crippen LogP contribution < -0.4 is 5.90 Å². The number of hydrogen-bond acceptors (Lipinski definition) is 4. The number of aromatic amines is 1. The third-order valence-corrected chi connectivity index (χ3v) is 4.44. The van der Waals surface area contributed by atoms with Crippen molar-refractivity contribution in [1.29, 1.82) is 0 Å². The monoisotopic (exact) mass is 395 g/mol. The van der Waals surface area contributed by atoms with Crippen LogP contribution in [-0.2, 0) is 11.4 Å². The Morgan fingerprint density at radius 2 is 1.93 bits per heavy atom. The largest absolute Gasteiger partial charge is 0.478 e. The fourth-order valence-corrected chi connectivity index (χ4v) is 3.20. The first-order valence-corrected chi connectivity index (χ1v) is 8.39. The van der Waals surface area contributed by atoms with Gasteiger partial charge in [-0.2, -0.15) is 0 Å². The average molecular weight is 396 g/mol. The molecule has 2 heterocycles. The number of hydrogen-bond donors (Lipinski definition) is 3. The van der Waals surface area contributed by atoms with Gasteiger partial charge in [0.2, 0.25) is 0 Å². The van der Waals surface area contributed by atoms with Gasteiger partial charge in [-0.25, -0.2) is 15.7 Å². The predicted octanol–water partition coefficient (Wildman–Crippen LogP) is 4.40. The highest BCUT2D eigenvalue weighted by Crippen LogP contribution is 2.30. The third kappa shape index (κ3) is 3.61. The molecule has 0 aliphatic rings. The topological polar surface area (TPSA) is 101 Å². The van der Waals surface area contributed by atoms with Gasteiger partial charge in [0.1, 0.15) is 6.61 Å². The quantitative estimate of drug-likeness (QED) is 0.435. The van der Waals surface area contributed by atoms with E-state index in [0.717, 1.165) is 22.0 Å². The van der Waals surface area contributed by atoms with Gasteiger partial charge in [0.05, 0.1) is 16.8 Å². The van der Waals surface area contributed by atoms with Crippen LogP contribution in [0.15, 0.2) is 54.7 Å². The van der Waals surface area contributed by atoms with E-state index >= 15 is 0 Å². The Hall–Kier alpha value is -3.19. The Kier molecular flexibility index (Phi) is 5.75. The van der Waals surface area contributed by atoms with Gasteiger partial charge in [-0.05, 0) is 23.1 Å². The summed E-state index contributed by atoms with van der Waals surface area (Å²) in [6.45, 7) is -0.0580. The summed E-state index contributed by atoms with van der Waals surface area (Å²) in [5, 5.41) is 11.9. The van der Waals surface area contributed by atoms with Crippen molar-refractivity contribution in [2.45, 2.75) is 6.61 Å². The second kappa shape index (κ2) is 8.22. The lowest BCUT2D eigenvalue weighted by molar-refractivity contribution is 0.0689. The Morgan fingerprint density at radius 1 is 1.14 bits per heavy atom. The van der Waals surface area contributed by atoms with Crippen LogP contribution in [0.2, 0.25) is 0 Å². The lowest BCUT2D eigenvalue weighted by atomic mass is 10.1. The number of fused-ring (bicyclic) bond motifs is 3. The van der Waals surface area contributed by atoms with Crippen molar-refractivity contribution in [3.8, 4) is 0 Å². The summed E-state index contributed by atoms with van der Waals surface area (Å²) in [6, 6.07) is 15.6. The molecule has 0 saturated carbocycles. The molecule has 4 aromatic rings. The van der Waals surface area contributed by atoms with Crippen molar-refractivity contribution < 1.29 is 14.7 Å². The van der Waals surface area contributed by atoms with Crippen molar-refractivity contribution in [1.82, 2.24) is 9.97 Å². The van der Waals surface area contributed by atoms with Crippen molar-refractivity contribution in [3.05, 3.63) is 77.2 Å². The number of carbonyl (C=O) groups is 1. The Labute approximate surface area is 167 Å². The lowest BCUT2D eigenvalue weighted by Crippen LogP contribution is -2.05. The van der Waals surface area contributed by atoms with Gasteiger partial charge in [-0.3, -0.25) is 4.84 Å². The zero-order valence-corrected chi connectivity index (χ0v) is 15.6. The molecule has 2 aromatic heterocycles. The van der Waals surface area contributed by atoms with Crippen molar-refractivity contribution in [2.75, 3.05) is 0 Å². The number of aromatic nitrogens is 2. The summed E-state index contributed by atoms with van der Waals surface area (Å²) in [4.78, 5) is 24.0.